The van der Waals surface area contributed by atoms with Gasteiger partial charge in [0.15, 0.2) is 6.29 Å². The summed E-state index contributed by atoms with van der Waals surface area (Å²) >= 11 is 5.85. The molecule has 3 rings (SSSR count). The van der Waals surface area contributed by atoms with Gasteiger partial charge in [0.25, 0.3) is 0 Å². The van der Waals surface area contributed by atoms with E-state index in [1.165, 1.54) is 0 Å². The van der Waals surface area contributed by atoms with E-state index in [9.17, 15) is 4.79 Å². The smallest absolute Gasteiger partial charge is 0.246 e. The average Bonchev–Trinajstić information content (AvgIpc) is 3.09. The number of hydrogen-bond donors (Lipinski definition) is 0. The summed E-state index contributed by atoms with van der Waals surface area (Å²) in [5.41, 5.74) is 0.966. The molecule has 0 bridgehead atoms. The van der Waals surface area contributed by atoms with Gasteiger partial charge in [-0.25, -0.2) is 0 Å². The Kier molecular flexibility index (Phi) is 5.13. The molecule has 0 spiro atoms. The number of halogens is 1. The lowest BCUT2D eigenvalue weighted by Crippen LogP contribution is -2.43. The molecule has 4 nitrogen and oxygen atoms in total. The zero-order chi connectivity index (χ0) is 15.4. The monoisotopic (exact) mass is 321 g/mol. The van der Waals surface area contributed by atoms with Gasteiger partial charge in [0, 0.05) is 30.1 Å². The molecular weight excluding hydrogens is 302 g/mol. The number of rotatable bonds is 3. The Balaban J connectivity index is 1.58. The molecule has 1 unspecified atom stereocenters. The normalized spacial score (nSPS) is 23.3. The summed E-state index contributed by atoms with van der Waals surface area (Å²) in [4.78, 5) is 14.2. The van der Waals surface area contributed by atoms with E-state index in [0.29, 0.717) is 24.8 Å². The molecule has 0 radical (unpaired) electrons. The average molecular weight is 322 g/mol. The van der Waals surface area contributed by atoms with Crippen LogP contribution in [0.3, 0.4) is 0 Å². The highest BCUT2D eigenvalue weighted by molar-refractivity contribution is 6.30. The Morgan fingerprint density at radius 1 is 1.23 bits per heavy atom. The van der Waals surface area contributed by atoms with Gasteiger partial charge < -0.3 is 14.4 Å². The minimum absolute atomic E-state index is 0.0395. The molecule has 2 fully saturated rings. The number of piperidine rings is 1. The standard InChI is InChI=1S/C17H20ClNO3/c18-15-6-3-13(4-7-15)5-8-16(20)19-9-1-2-14(12-19)17-21-10-11-22-17/h3-8,14,17H,1-2,9-12H2/b8-5+. The van der Waals surface area contributed by atoms with Crippen molar-refractivity contribution in [1.82, 2.24) is 4.90 Å². The SMILES string of the molecule is O=C(/C=C/c1ccc(Cl)cc1)N1CCCC(C2OCCO2)C1. The third kappa shape index (κ3) is 3.88. The fraction of sp³-hybridized carbons (Fsp3) is 0.471. The van der Waals surface area contributed by atoms with Crippen LogP contribution in [0, 0.1) is 5.92 Å². The van der Waals surface area contributed by atoms with Crippen molar-refractivity contribution in [1.29, 1.82) is 0 Å². The summed E-state index contributed by atoms with van der Waals surface area (Å²) in [5, 5.41) is 0.693. The number of carbonyl (C=O) groups excluding carboxylic acids is 1. The van der Waals surface area contributed by atoms with Gasteiger partial charge in [-0.05, 0) is 36.6 Å². The van der Waals surface area contributed by atoms with Crippen LogP contribution in [-0.2, 0) is 14.3 Å². The number of nitrogens with zero attached hydrogens (tertiary/aromatic N) is 1. The second kappa shape index (κ2) is 7.27. The minimum atomic E-state index is -0.143. The van der Waals surface area contributed by atoms with Crippen LogP contribution in [0.5, 0.6) is 0 Å². The molecule has 0 saturated carbocycles. The van der Waals surface area contributed by atoms with Crippen LogP contribution in [0.15, 0.2) is 30.3 Å². The number of likely N-dealkylation sites (tertiary alicyclic amines) is 1. The van der Waals surface area contributed by atoms with E-state index < -0.39 is 0 Å². The first-order valence-electron chi connectivity index (χ1n) is 7.68. The second-order valence-electron chi connectivity index (χ2n) is 5.68. The molecule has 118 valence electrons. The highest BCUT2D eigenvalue weighted by Crippen LogP contribution is 2.25. The van der Waals surface area contributed by atoms with Crippen LogP contribution in [0.25, 0.3) is 6.08 Å². The lowest BCUT2D eigenvalue weighted by Gasteiger charge is -2.34. The zero-order valence-corrected chi connectivity index (χ0v) is 13.2. The number of ether oxygens (including phenoxy) is 2. The van der Waals surface area contributed by atoms with Gasteiger partial charge in [-0.1, -0.05) is 23.7 Å². The van der Waals surface area contributed by atoms with Crippen molar-refractivity contribution in [3.05, 3.63) is 40.9 Å². The predicted octanol–water partition coefficient (Wildman–Crippen LogP) is 2.96. The highest BCUT2D eigenvalue weighted by Gasteiger charge is 2.32. The topological polar surface area (TPSA) is 38.8 Å². The molecule has 0 aromatic heterocycles. The number of carbonyl (C=O) groups is 1. The molecule has 1 amide bonds. The number of hydrogen-bond acceptors (Lipinski definition) is 3. The quantitative estimate of drug-likeness (QED) is 0.803. The summed E-state index contributed by atoms with van der Waals surface area (Å²) in [5.74, 6) is 0.321. The molecule has 2 heterocycles. The summed E-state index contributed by atoms with van der Waals surface area (Å²) in [7, 11) is 0. The van der Waals surface area contributed by atoms with Crippen LogP contribution < -0.4 is 0 Å². The maximum absolute atomic E-state index is 12.3. The Labute approximate surface area is 135 Å². The summed E-state index contributed by atoms with van der Waals surface area (Å²) in [6.07, 6.45) is 5.35. The Hall–Kier alpha value is -1.36. The van der Waals surface area contributed by atoms with Crippen molar-refractivity contribution in [3.63, 3.8) is 0 Å². The maximum Gasteiger partial charge on any atom is 0.246 e. The summed E-state index contributed by atoms with van der Waals surface area (Å²) in [6.45, 7) is 2.82. The van der Waals surface area contributed by atoms with E-state index >= 15 is 0 Å². The zero-order valence-electron chi connectivity index (χ0n) is 12.4. The van der Waals surface area contributed by atoms with Gasteiger partial charge in [-0.2, -0.15) is 0 Å². The molecule has 1 aromatic rings. The first-order valence-corrected chi connectivity index (χ1v) is 8.06. The fourth-order valence-electron chi connectivity index (χ4n) is 2.93. The number of benzene rings is 1. The molecule has 0 N–H and O–H groups in total. The van der Waals surface area contributed by atoms with Crippen LogP contribution in [0.1, 0.15) is 18.4 Å². The first kappa shape index (κ1) is 15.5. The second-order valence-corrected chi connectivity index (χ2v) is 6.12. The number of amides is 1. The molecule has 1 atom stereocenters. The van der Waals surface area contributed by atoms with E-state index in [1.54, 1.807) is 6.08 Å². The van der Waals surface area contributed by atoms with Crippen LogP contribution in [0.4, 0.5) is 0 Å². The molecule has 22 heavy (non-hydrogen) atoms. The Morgan fingerprint density at radius 3 is 2.68 bits per heavy atom. The summed E-state index contributed by atoms with van der Waals surface area (Å²) < 4.78 is 11.1. The van der Waals surface area contributed by atoms with Crippen molar-refractivity contribution < 1.29 is 14.3 Å². The molecule has 1 aromatic carbocycles. The minimum Gasteiger partial charge on any atom is -0.350 e. The molecule has 5 heteroatoms. The third-order valence-electron chi connectivity index (χ3n) is 4.09. The van der Waals surface area contributed by atoms with E-state index in [2.05, 4.69) is 0 Å². The van der Waals surface area contributed by atoms with E-state index in [-0.39, 0.29) is 18.1 Å². The lowest BCUT2D eigenvalue weighted by molar-refractivity contribution is -0.134. The Bertz CT molecular complexity index is 537. The van der Waals surface area contributed by atoms with Crippen molar-refractivity contribution in [2.75, 3.05) is 26.3 Å². The molecule has 2 aliphatic rings. The summed E-state index contributed by atoms with van der Waals surface area (Å²) in [6, 6.07) is 7.42. The lowest BCUT2D eigenvalue weighted by atomic mass is 9.97. The maximum atomic E-state index is 12.3. The van der Waals surface area contributed by atoms with Gasteiger partial charge in [0.1, 0.15) is 0 Å². The van der Waals surface area contributed by atoms with Gasteiger partial charge in [0.05, 0.1) is 13.2 Å². The molecular formula is C17H20ClNO3. The van der Waals surface area contributed by atoms with Crippen molar-refractivity contribution in [3.8, 4) is 0 Å². The van der Waals surface area contributed by atoms with Crippen molar-refractivity contribution in [2.45, 2.75) is 19.1 Å². The van der Waals surface area contributed by atoms with E-state index in [0.717, 1.165) is 24.9 Å². The largest absolute Gasteiger partial charge is 0.350 e. The Morgan fingerprint density at radius 2 is 1.95 bits per heavy atom. The van der Waals surface area contributed by atoms with Crippen molar-refractivity contribution >= 4 is 23.6 Å². The third-order valence-corrected chi connectivity index (χ3v) is 4.34. The van der Waals surface area contributed by atoms with E-state index in [4.69, 9.17) is 21.1 Å². The van der Waals surface area contributed by atoms with Crippen molar-refractivity contribution in [2.24, 2.45) is 5.92 Å². The predicted molar refractivity (Wildman–Crippen MR) is 85.5 cm³/mol. The molecule has 2 saturated heterocycles. The molecule has 0 aliphatic carbocycles. The van der Waals surface area contributed by atoms with Gasteiger partial charge >= 0.3 is 0 Å². The van der Waals surface area contributed by atoms with Crippen LogP contribution >= 0.6 is 11.6 Å². The fourth-order valence-corrected chi connectivity index (χ4v) is 3.05. The van der Waals surface area contributed by atoms with Gasteiger partial charge in [-0.15, -0.1) is 0 Å². The molecule has 2 aliphatic heterocycles. The first-order chi connectivity index (χ1) is 10.7. The van der Waals surface area contributed by atoms with Gasteiger partial charge in [0.2, 0.25) is 5.91 Å². The van der Waals surface area contributed by atoms with Gasteiger partial charge in [-0.3, -0.25) is 4.79 Å². The van der Waals surface area contributed by atoms with E-state index in [1.807, 2.05) is 35.2 Å². The highest BCUT2D eigenvalue weighted by atomic mass is 35.5. The van der Waals surface area contributed by atoms with Crippen LogP contribution in [-0.4, -0.2) is 43.4 Å². The van der Waals surface area contributed by atoms with Crippen LogP contribution in [0.2, 0.25) is 5.02 Å².